The summed E-state index contributed by atoms with van der Waals surface area (Å²) in [5, 5.41) is 15.2. The van der Waals surface area contributed by atoms with E-state index in [-0.39, 0.29) is 24.3 Å². The number of carbonyl (C=O) groups excluding carboxylic acids is 2. The van der Waals surface area contributed by atoms with E-state index in [1.807, 2.05) is 38.1 Å². The van der Waals surface area contributed by atoms with Crippen LogP contribution in [0.1, 0.15) is 63.0 Å². The van der Waals surface area contributed by atoms with Crippen LogP contribution in [0.5, 0.6) is 0 Å². The van der Waals surface area contributed by atoms with Crippen LogP contribution < -0.4 is 10.6 Å². The molecule has 7 heteroatoms. The Morgan fingerprint density at radius 1 is 0.943 bits per heavy atom. The average Bonchev–Trinajstić information content (AvgIpc) is 2.97. The third-order valence-corrected chi connectivity index (χ3v) is 7.23. The zero-order valence-corrected chi connectivity index (χ0v) is 20.3. The monoisotopic (exact) mass is 478 g/mol. The number of fused-ring (bicyclic) bond motifs is 3. The molecule has 35 heavy (non-hydrogen) atoms. The van der Waals surface area contributed by atoms with E-state index in [9.17, 15) is 19.5 Å². The zero-order chi connectivity index (χ0) is 24.9. The van der Waals surface area contributed by atoms with Crippen LogP contribution in [-0.2, 0) is 14.3 Å². The molecule has 0 aliphatic heterocycles. The van der Waals surface area contributed by atoms with Crippen molar-refractivity contribution < 1.29 is 24.2 Å². The number of aliphatic carboxylic acids is 1. The molecule has 0 radical (unpaired) electrons. The lowest BCUT2D eigenvalue weighted by Gasteiger charge is -2.27. The summed E-state index contributed by atoms with van der Waals surface area (Å²) in [6.07, 6.45) is 3.19. The van der Waals surface area contributed by atoms with Crippen LogP contribution in [0.3, 0.4) is 0 Å². The number of hydrogen-bond acceptors (Lipinski definition) is 4. The summed E-state index contributed by atoms with van der Waals surface area (Å²) in [5.74, 6) is -2.12. The minimum Gasteiger partial charge on any atom is -0.481 e. The van der Waals surface area contributed by atoms with Gasteiger partial charge in [0, 0.05) is 12.0 Å². The minimum absolute atomic E-state index is 0.0678. The number of carbonyl (C=O) groups is 3. The predicted molar refractivity (Wildman–Crippen MR) is 133 cm³/mol. The van der Waals surface area contributed by atoms with Gasteiger partial charge >= 0.3 is 12.1 Å². The Labute approximate surface area is 206 Å². The van der Waals surface area contributed by atoms with Crippen LogP contribution in [-0.4, -0.2) is 41.8 Å². The number of nitrogens with one attached hydrogen (secondary N) is 2. The van der Waals surface area contributed by atoms with Gasteiger partial charge in [-0.25, -0.2) is 4.79 Å². The van der Waals surface area contributed by atoms with Gasteiger partial charge in [-0.3, -0.25) is 9.59 Å². The van der Waals surface area contributed by atoms with Crippen LogP contribution >= 0.6 is 0 Å². The van der Waals surface area contributed by atoms with E-state index < -0.39 is 30.1 Å². The Morgan fingerprint density at radius 2 is 1.54 bits per heavy atom. The first-order valence-electron chi connectivity index (χ1n) is 12.5. The molecule has 0 heterocycles. The molecular weight excluding hydrogens is 444 g/mol. The second-order valence-corrected chi connectivity index (χ2v) is 9.89. The van der Waals surface area contributed by atoms with Crippen molar-refractivity contribution in [3.8, 4) is 11.1 Å². The fourth-order valence-electron chi connectivity index (χ4n) is 5.35. The Hall–Kier alpha value is -3.35. The molecule has 2 amide bonds. The Bertz CT molecular complexity index is 1040. The number of amides is 2. The van der Waals surface area contributed by atoms with Gasteiger partial charge in [0.25, 0.3) is 0 Å². The number of rotatable bonds is 7. The third kappa shape index (κ3) is 5.50. The van der Waals surface area contributed by atoms with Crippen molar-refractivity contribution in [3.05, 3.63) is 59.7 Å². The van der Waals surface area contributed by atoms with E-state index >= 15 is 0 Å². The summed E-state index contributed by atoms with van der Waals surface area (Å²) < 4.78 is 5.62. The Morgan fingerprint density at radius 3 is 2.14 bits per heavy atom. The van der Waals surface area contributed by atoms with Crippen molar-refractivity contribution in [2.24, 2.45) is 11.8 Å². The lowest BCUT2D eigenvalue weighted by Crippen LogP contribution is -2.54. The lowest BCUT2D eigenvalue weighted by atomic mass is 9.94. The molecule has 186 valence electrons. The predicted octanol–water partition coefficient (Wildman–Crippen LogP) is 4.70. The molecule has 7 nitrogen and oxygen atoms in total. The second kappa shape index (κ2) is 10.9. The first-order valence-corrected chi connectivity index (χ1v) is 12.5. The molecular formula is C28H34N2O5. The molecule has 1 saturated carbocycles. The molecule has 2 aromatic rings. The highest BCUT2D eigenvalue weighted by atomic mass is 16.5. The highest BCUT2D eigenvalue weighted by Crippen LogP contribution is 2.44. The molecule has 2 aliphatic rings. The summed E-state index contributed by atoms with van der Waals surface area (Å²) in [4.78, 5) is 37.6. The number of carboxylic acids is 1. The van der Waals surface area contributed by atoms with Crippen LogP contribution in [0, 0.1) is 11.8 Å². The Kier molecular flexibility index (Phi) is 7.73. The molecule has 1 fully saturated rings. The van der Waals surface area contributed by atoms with Crippen LogP contribution in [0.4, 0.5) is 4.79 Å². The molecule has 3 atom stereocenters. The van der Waals surface area contributed by atoms with E-state index in [2.05, 4.69) is 34.9 Å². The van der Waals surface area contributed by atoms with Gasteiger partial charge < -0.3 is 20.5 Å². The van der Waals surface area contributed by atoms with Crippen molar-refractivity contribution in [2.75, 3.05) is 6.61 Å². The summed E-state index contributed by atoms with van der Waals surface area (Å²) >= 11 is 0. The van der Waals surface area contributed by atoms with E-state index in [1.54, 1.807) is 0 Å². The Balaban J connectivity index is 1.40. The standard InChI is InChI=1S/C28H34N2O5/c1-17(2)25(26(31)29-24-15-5-3-4-14-22(24)27(32)33)30-28(34)35-16-23-20-12-8-6-10-18(20)19-11-7-9-13-21(19)23/h6-13,17,22-25H,3-5,14-16H2,1-2H3,(H,29,31)(H,30,34)(H,32,33)/t22-,24+,25?/m1/s1. The number of hydrogen-bond donors (Lipinski definition) is 3. The maximum absolute atomic E-state index is 13.1. The molecule has 0 bridgehead atoms. The van der Waals surface area contributed by atoms with Crippen LogP contribution in [0.15, 0.2) is 48.5 Å². The van der Waals surface area contributed by atoms with Gasteiger partial charge in [-0.2, -0.15) is 0 Å². The fourth-order valence-corrected chi connectivity index (χ4v) is 5.35. The van der Waals surface area contributed by atoms with Crippen molar-refractivity contribution >= 4 is 18.0 Å². The highest BCUT2D eigenvalue weighted by molar-refractivity contribution is 5.87. The largest absolute Gasteiger partial charge is 0.481 e. The zero-order valence-electron chi connectivity index (χ0n) is 20.3. The van der Waals surface area contributed by atoms with Gasteiger partial charge in [-0.05, 0) is 41.0 Å². The molecule has 3 N–H and O–H groups in total. The first kappa shape index (κ1) is 24.8. The quantitative estimate of drug-likeness (QED) is 0.501. The van der Waals surface area contributed by atoms with Gasteiger partial charge in [0.05, 0.1) is 5.92 Å². The smallest absolute Gasteiger partial charge is 0.407 e. The number of carboxylic acid groups (broad SMARTS) is 1. The molecule has 2 aliphatic carbocycles. The molecule has 0 aromatic heterocycles. The van der Waals surface area contributed by atoms with E-state index in [0.29, 0.717) is 12.8 Å². The van der Waals surface area contributed by atoms with Gasteiger partial charge in [-0.15, -0.1) is 0 Å². The lowest BCUT2D eigenvalue weighted by molar-refractivity contribution is -0.143. The number of benzene rings is 2. The van der Waals surface area contributed by atoms with Crippen molar-refractivity contribution in [1.82, 2.24) is 10.6 Å². The van der Waals surface area contributed by atoms with E-state index in [4.69, 9.17) is 4.74 Å². The topological polar surface area (TPSA) is 105 Å². The number of alkyl carbamates (subject to hydrolysis) is 1. The second-order valence-electron chi connectivity index (χ2n) is 9.89. The van der Waals surface area contributed by atoms with Crippen molar-refractivity contribution in [2.45, 2.75) is 64.0 Å². The molecule has 2 aromatic carbocycles. The summed E-state index contributed by atoms with van der Waals surface area (Å²) in [6, 6.07) is 15.0. The van der Waals surface area contributed by atoms with Gasteiger partial charge in [0.15, 0.2) is 0 Å². The van der Waals surface area contributed by atoms with Crippen molar-refractivity contribution in [3.63, 3.8) is 0 Å². The summed E-state index contributed by atoms with van der Waals surface area (Å²) in [7, 11) is 0. The summed E-state index contributed by atoms with van der Waals surface area (Å²) in [6.45, 7) is 3.85. The maximum Gasteiger partial charge on any atom is 0.407 e. The highest BCUT2D eigenvalue weighted by Gasteiger charge is 2.34. The molecule has 4 rings (SSSR count). The maximum atomic E-state index is 13.1. The van der Waals surface area contributed by atoms with Crippen LogP contribution in [0.2, 0.25) is 0 Å². The van der Waals surface area contributed by atoms with Crippen LogP contribution in [0.25, 0.3) is 11.1 Å². The molecule has 1 unspecified atom stereocenters. The van der Waals surface area contributed by atoms with E-state index in [0.717, 1.165) is 41.5 Å². The van der Waals surface area contributed by atoms with Gasteiger partial charge in [0.2, 0.25) is 5.91 Å². The first-order chi connectivity index (χ1) is 16.9. The molecule has 0 spiro atoms. The fraction of sp³-hybridized carbons (Fsp3) is 0.464. The SMILES string of the molecule is CC(C)C(NC(=O)OCC1c2ccccc2-c2ccccc21)C(=O)N[C@H]1CCCCC[C@H]1C(=O)O. The third-order valence-electron chi connectivity index (χ3n) is 7.23. The number of ether oxygens (including phenoxy) is 1. The van der Waals surface area contributed by atoms with E-state index in [1.165, 1.54) is 0 Å². The van der Waals surface area contributed by atoms with Gasteiger partial charge in [0.1, 0.15) is 12.6 Å². The molecule has 0 saturated heterocycles. The van der Waals surface area contributed by atoms with Gasteiger partial charge in [-0.1, -0.05) is 81.6 Å². The normalized spacial score (nSPS) is 20.3. The average molecular weight is 479 g/mol. The minimum atomic E-state index is -0.886. The summed E-state index contributed by atoms with van der Waals surface area (Å²) in [5.41, 5.74) is 4.53. The van der Waals surface area contributed by atoms with Crippen molar-refractivity contribution in [1.29, 1.82) is 0 Å².